The summed E-state index contributed by atoms with van der Waals surface area (Å²) in [5.74, 6) is 0.148. The highest BCUT2D eigenvalue weighted by Crippen LogP contribution is 2.32. The molecule has 0 unspecified atom stereocenters. The predicted octanol–water partition coefficient (Wildman–Crippen LogP) is 2.64. The number of carboxylic acid groups (broad SMARTS) is 1. The molecule has 1 aliphatic heterocycles. The Kier molecular flexibility index (Phi) is 6.07. The molecule has 5 nitrogen and oxygen atoms in total. The molecule has 1 aromatic carbocycles. The van der Waals surface area contributed by atoms with Gasteiger partial charge in [-0.3, -0.25) is 4.79 Å². The first-order chi connectivity index (χ1) is 10.6. The number of carbonyl (C=O) groups is 1. The Balaban J connectivity index is 2.04. The highest BCUT2D eigenvalue weighted by molar-refractivity contribution is 5.66. The SMILES string of the molecule is CC(C)Oc1cc(CNCCC(=O)O)ccc1N1CCCC1. The van der Waals surface area contributed by atoms with Crippen molar-refractivity contribution in [2.45, 2.75) is 45.8 Å². The normalized spacial score (nSPS) is 14.6. The van der Waals surface area contributed by atoms with E-state index in [-0.39, 0.29) is 12.5 Å². The van der Waals surface area contributed by atoms with Crippen molar-refractivity contribution in [1.29, 1.82) is 0 Å². The van der Waals surface area contributed by atoms with Crippen LogP contribution in [-0.2, 0) is 11.3 Å². The quantitative estimate of drug-likeness (QED) is 0.723. The number of ether oxygens (including phenoxy) is 1. The van der Waals surface area contributed by atoms with Crippen LogP contribution in [0.2, 0.25) is 0 Å². The predicted molar refractivity (Wildman–Crippen MR) is 87.6 cm³/mol. The minimum absolute atomic E-state index is 0.136. The average Bonchev–Trinajstić information content (AvgIpc) is 2.97. The van der Waals surface area contributed by atoms with Crippen LogP contribution in [0.3, 0.4) is 0 Å². The summed E-state index contributed by atoms with van der Waals surface area (Å²) in [5.41, 5.74) is 2.28. The van der Waals surface area contributed by atoms with E-state index in [1.165, 1.54) is 18.5 Å². The minimum atomic E-state index is -0.777. The van der Waals surface area contributed by atoms with E-state index < -0.39 is 5.97 Å². The van der Waals surface area contributed by atoms with Crippen LogP contribution in [0, 0.1) is 0 Å². The number of anilines is 1. The monoisotopic (exact) mass is 306 g/mol. The second kappa shape index (κ2) is 8.03. The molecule has 0 spiro atoms. The molecular formula is C17H26N2O3. The van der Waals surface area contributed by atoms with Gasteiger partial charge in [-0.2, -0.15) is 0 Å². The van der Waals surface area contributed by atoms with Gasteiger partial charge in [0, 0.05) is 26.2 Å². The zero-order chi connectivity index (χ0) is 15.9. The molecule has 5 heteroatoms. The highest BCUT2D eigenvalue weighted by atomic mass is 16.5. The van der Waals surface area contributed by atoms with E-state index in [0.717, 1.165) is 24.4 Å². The zero-order valence-corrected chi connectivity index (χ0v) is 13.5. The second-order valence-electron chi connectivity index (χ2n) is 5.98. The summed E-state index contributed by atoms with van der Waals surface area (Å²) in [6, 6.07) is 6.28. The molecule has 0 saturated carbocycles. The largest absolute Gasteiger partial charge is 0.489 e. The van der Waals surface area contributed by atoms with Gasteiger partial charge in [0.15, 0.2) is 0 Å². The lowest BCUT2D eigenvalue weighted by atomic mass is 10.1. The topological polar surface area (TPSA) is 61.8 Å². The fourth-order valence-corrected chi connectivity index (χ4v) is 2.66. The van der Waals surface area contributed by atoms with Crippen LogP contribution in [0.4, 0.5) is 5.69 Å². The van der Waals surface area contributed by atoms with E-state index in [9.17, 15) is 4.79 Å². The molecule has 122 valence electrons. The van der Waals surface area contributed by atoms with Gasteiger partial charge in [-0.05, 0) is 44.4 Å². The molecule has 0 aromatic heterocycles. The van der Waals surface area contributed by atoms with E-state index in [1.807, 2.05) is 13.8 Å². The Hall–Kier alpha value is -1.75. The summed E-state index contributed by atoms with van der Waals surface area (Å²) in [6.07, 6.45) is 2.75. The van der Waals surface area contributed by atoms with E-state index in [0.29, 0.717) is 13.1 Å². The van der Waals surface area contributed by atoms with E-state index in [4.69, 9.17) is 9.84 Å². The Bertz CT molecular complexity index is 497. The average molecular weight is 306 g/mol. The first-order valence-corrected chi connectivity index (χ1v) is 8.03. The molecule has 1 heterocycles. The lowest BCUT2D eigenvalue weighted by Gasteiger charge is -2.23. The lowest BCUT2D eigenvalue weighted by molar-refractivity contribution is -0.136. The van der Waals surface area contributed by atoms with Gasteiger partial charge in [-0.1, -0.05) is 6.07 Å². The van der Waals surface area contributed by atoms with Gasteiger partial charge in [-0.15, -0.1) is 0 Å². The van der Waals surface area contributed by atoms with Crippen LogP contribution in [0.15, 0.2) is 18.2 Å². The minimum Gasteiger partial charge on any atom is -0.489 e. The fraction of sp³-hybridized carbons (Fsp3) is 0.588. The molecular weight excluding hydrogens is 280 g/mol. The fourth-order valence-electron chi connectivity index (χ4n) is 2.66. The first-order valence-electron chi connectivity index (χ1n) is 8.03. The third kappa shape index (κ3) is 4.91. The third-order valence-electron chi connectivity index (χ3n) is 3.68. The van der Waals surface area contributed by atoms with E-state index >= 15 is 0 Å². The Morgan fingerprint density at radius 3 is 2.73 bits per heavy atom. The number of aliphatic carboxylic acids is 1. The summed E-state index contributed by atoms with van der Waals surface area (Å²) in [5, 5.41) is 11.8. The van der Waals surface area contributed by atoms with Crippen molar-refractivity contribution < 1.29 is 14.6 Å². The Labute approximate surface area is 132 Å². The maximum Gasteiger partial charge on any atom is 0.304 e. The van der Waals surface area contributed by atoms with Crippen LogP contribution in [-0.4, -0.2) is 36.8 Å². The molecule has 1 aromatic rings. The van der Waals surface area contributed by atoms with Crippen molar-refractivity contribution in [1.82, 2.24) is 5.32 Å². The van der Waals surface area contributed by atoms with Gasteiger partial charge in [0.25, 0.3) is 0 Å². The molecule has 1 saturated heterocycles. The van der Waals surface area contributed by atoms with Crippen LogP contribution in [0.25, 0.3) is 0 Å². The second-order valence-corrected chi connectivity index (χ2v) is 5.98. The molecule has 1 aliphatic rings. The number of nitrogens with zero attached hydrogens (tertiary/aromatic N) is 1. The van der Waals surface area contributed by atoms with Crippen molar-refractivity contribution in [3.8, 4) is 5.75 Å². The third-order valence-corrected chi connectivity index (χ3v) is 3.68. The van der Waals surface area contributed by atoms with Crippen LogP contribution in [0.1, 0.15) is 38.7 Å². The summed E-state index contributed by atoms with van der Waals surface area (Å²) in [4.78, 5) is 12.9. The van der Waals surface area contributed by atoms with E-state index in [2.05, 4.69) is 28.4 Å². The Morgan fingerprint density at radius 2 is 2.09 bits per heavy atom. The van der Waals surface area contributed by atoms with E-state index in [1.54, 1.807) is 0 Å². The van der Waals surface area contributed by atoms with Gasteiger partial charge < -0.3 is 20.1 Å². The summed E-state index contributed by atoms with van der Waals surface area (Å²) < 4.78 is 5.98. The van der Waals surface area contributed by atoms with Gasteiger partial charge >= 0.3 is 5.97 Å². The van der Waals surface area contributed by atoms with Crippen LogP contribution >= 0.6 is 0 Å². The van der Waals surface area contributed by atoms with Crippen LogP contribution < -0.4 is 15.0 Å². The molecule has 0 radical (unpaired) electrons. The molecule has 2 N–H and O–H groups in total. The van der Waals surface area contributed by atoms with Crippen molar-refractivity contribution in [2.24, 2.45) is 0 Å². The molecule has 0 aliphatic carbocycles. The van der Waals surface area contributed by atoms with Crippen molar-refractivity contribution >= 4 is 11.7 Å². The molecule has 22 heavy (non-hydrogen) atoms. The molecule has 2 rings (SSSR count). The number of rotatable bonds is 8. The molecule has 0 atom stereocenters. The highest BCUT2D eigenvalue weighted by Gasteiger charge is 2.17. The maximum absolute atomic E-state index is 10.5. The van der Waals surface area contributed by atoms with Crippen molar-refractivity contribution in [2.75, 3.05) is 24.5 Å². The lowest BCUT2D eigenvalue weighted by Crippen LogP contribution is -2.21. The first kappa shape index (κ1) is 16.6. The number of hydrogen-bond acceptors (Lipinski definition) is 4. The van der Waals surface area contributed by atoms with Gasteiger partial charge in [0.05, 0.1) is 18.2 Å². The molecule has 0 amide bonds. The zero-order valence-electron chi connectivity index (χ0n) is 13.5. The van der Waals surface area contributed by atoms with Gasteiger partial charge in [0.2, 0.25) is 0 Å². The van der Waals surface area contributed by atoms with Gasteiger partial charge in [0.1, 0.15) is 5.75 Å². The maximum atomic E-state index is 10.5. The van der Waals surface area contributed by atoms with Crippen molar-refractivity contribution in [3.63, 3.8) is 0 Å². The number of nitrogens with one attached hydrogen (secondary N) is 1. The standard InChI is InChI=1S/C17H26N2O3/c1-13(2)22-16-11-14(12-18-8-7-17(20)21)5-6-15(16)19-9-3-4-10-19/h5-6,11,13,18H,3-4,7-10,12H2,1-2H3,(H,20,21). The molecule has 0 bridgehead atoms. The van der Waals surface area contributed by atoms with Gasteiger partial charge in [-0.25, -0.2) is 0 Å². The summed E-state index contributed by atoms with van der Waals surface area (Å²) >= 11 is 0. The molecule has 1 fully saturated rings. The number of hydrogen-bond donors (Lipinski definition) is 2. The summed E-state index contributed by atoms with van der Waals surface area (Å²) in [6.45, 7) is 7.37. The Morgan fingerprint density at radius 1 is 1.36 bits per heavy atom. The van der Waals surface area contributed by atoms with Crippen molar-refractivity contribution in [3.05, 3.63) is 23.8 Å². The number of carboxylic acids is 1. The summed E-state index contributed by atoms with van der Waals surface area (Å²) in [7, 11) is 0. The number of benzene rings is 1. The smallest absolute Gasteiger partial charge is 0.304 e. The van der Waals surface area contributed by atoms with Crippen LogP contribution in [0.5, 0.6) is 5.75 Å².